The molecule has 0 bridgehead atoms. The molecule has 1 aliphatic carbocycles. The molecule has 8 nitrogen and oxygen atoms in total. The first kappa shape index (κ1) is 21.2. The van der Waals surface area contributed by atoms with Gasteiger partial charge in [0.2, 0.25) is 10.0 Å². The molecule has 1 saturated heterocycles. The number of rotatable bonds is 3. The third-order valence-electron chi connectivity index (χ3n) is 6.67. The summed E-state index contributed by atoms with van der Waals surface area (Å²) in [5.74, 6) is 0.243. The molecule has 170 valence electrons. The Morgan fingerprint density at radius 3 is 2.66 bits per heavy atom. The average molecular weight is 457 g/mol. The molecule has 9 heteroatoms. The number of carbonyl (C=O) groups is 1. The minimum absolute atomic E-state index is 0.0502. The predicted octanol–water partition coefficient (Wildman–Crippen LogP) is 3.19. The van der Waals surface area contributed by atoms with E-state index in [0.29, 0.717) is 43.1 Å². The molecule has 32 heavy (non-hydrogen) atoms. The SMILES string of the molecule is Cc1noc(C)c1S(=O)(=O)N1CCCN(C(=O)c2cccc3c4c([nH]c23)CCCC4)CC1. The van der Waals surface area contributed by atoms with Gasteiger partial charge >= 0.3 is 0 Å². The molecule has 0 atom stereocenters. The Kier molecular flexibility index (Phi) is 5.33. The fraction of sp³-hybridized carbons (Fsp3) is 0.478. The molecule has 0 radical (unpaired) electrons. The van der Waals surface area contributed by atoms with Gasteiger partial charge in [0, 0.05) is 37.3 Å². The predicted molar refractivity (Wildman–Crippen MR) is 120 cm³/mol. The first-order valence-electron chi connectivity index (χ1n) is 11.2. The second-order valence-electron chi connectivity index (χ2n) is 8.72. The van der Waals surface area contributed by atoms with Crippen LogP contribution in [-0.2, 0) is 22.9 Å². The van der Waals surface area contributed by atoms with Crippen LogP contribution in [0.25, 0.3) is 10.9 Å². The van der Waals surface area contributed by atoms with Crippen LogP contribution in [0.3, 0.4) is 0 Å². The number of H-pyrrole nitrogens is 1. The first-order chi connectivity index (χ1) is 15.4. The Hall–Kier alpha value is -2.65. The number of aromatic nitrogens is 2. The van der Waals surface area contributed by atoms with Gasteiger partial charge in [-0.15, -0.1) is 0 Å². The van der Waals surface area contributed by atoms with Gasteiger partial charge in [-0.05, 0) is 57.6 Å². The number of benzene rings is 1. The Morgan fingerprint density at radius 2 is 1.88 bits per heavy atom. The molecule has 3 heterocycles. The number of carbonyl (C=O) groups excluding carboxylic acids is 1. The van der Waals surface area contributed by atoms with Gasteiger partial charge in [-0.3, -0.25) is 4.79 Å². The largest absolute Gasteiger partial charge is 0.360 e. The Balaban J connectivity index is 1.39. The van der Waals surface area contributed by atoms with Gasteiger partial charge in [-0.25, -0.2) is 8.42 Å². The molecule has 1 aliphatic heterocycles. The van der Waals surface area contributed by atoms with Gasteiger partial charge in [0.1, 0.15) is 10.6 Å². The van der Waals surface area contributed by atoms with E-state index >= 15 is 0 Å². The van der Waals surface area contributed by atoms with Crippen molar-refractivity contribution in [2.24, 2.45) is 0 Å². The lowest BCUT2D eigenvalue weighted by atomic mass is 9.95. The van der Waals surface area contributed by atoms with Gasteiger partial charge in [-0.2, -0.15) is 4.31 Å². The van der Waals surface area contributed by atoms with E-state index in [1.807, 2.05) is 12.1 Å². The van der Waals surface area contributed by atoms with Crippen LogP contribution in [0.4, 0.5) is 0 Å². The summed E-state index contributed by atoms with van der Waals surface area (Å²) in [5, 5.41) is 4.93. The maximum Gasteiger partial charge on any atom is 0.256 e. The number of amides is 1. The highest BCUT2D eigenvalue weighted by molar-refractivity contribution is 7.89. The fourth-order valence-electron chi connectivity index (χ4n) is 5.09. The molecule has 1 N–H and O–H groups in total. The third-order valence-corrected chi connectivity index (χ3v) is 8.82. The molecule has 2 aromatic heterocycles. The van der Waals surface area contributed by atoms with E-state index in [1.165, 1.54) is 28.4 Å². The van der Waals surface area contributed by atoms with Gasteiger partial charge in [0.25, 0.3) is 5.91 Å². The number of nitrogens with zero attached hydrogens (tertiary/aromatic N) is 3. The Bertz CT molecular complexity index is 1270. The molecule has 0 spiro atoms. The van der Waals surface area contributed by atoms with E-state index in [0.717, 1.165) is 23.7 Å². The van der Waals surface area contributed by atoms with Gasteiger partial charge < -0.3 is 14.4 Å². The molecule has 3 aromatic rings. The monoisotopic (exact) mass is 456 g/mol. The molecule has 1 aromatic carbocycles. The second kappa shape index (κ2) is 8.04. The zero-order chi connectivity index (χ0) is 22.5. The summed E-state index contributed by atoms with van der Waals surface area (Å²) in [5.41, 5.74) is 4.53. The van der Waals surface area contributed by atoms with Crippen LogP contribution in [0.15, 0.2) is 27.6 Å². The van der Waals surface area contributed by atoms with E-state index in [-0.39, 0.29) is 17.3 Å². The lowest BCUT2D eigenvalue weighted by Crippen LogP contribution is -2.37. The van der Waals surface area contributed by atoms with Crippen molar-refractivity contribution in [3.8, 4) is 0 Å². The minimum Gasteiger partial charge on any atom is -0.360 e. The molecule has 1 fully saturated rings. The van der Waals surface area contributed by atoms with Crippen LogP contribution in [-0.4, -0.2) is 59.8 Å². The standard InChI is InChI=1S/C23H28N4O4S/c1-15-22(16(2)31-25-15)32(29,30)27-12-6-11-26(13-14-27)23(28)19-9-5-8-18-17-7-3-4-10-20(17)24-21(18)19/h5,8-9,24H,3-4,6-7,10-14H2,1-2H3. The molecule has 5 rings (SSSR count). The van der Waals surface area contributed by atoms with Gasteiger partial charge in [0.05, 0.1) is 11.1 Å². The average Bonchev–Trinajstić information content (AvgIpc) is 3.21. The van der Waals surface area contributed by atoms with Crippen LogP contribution >= 0.6 is 0 Å². The summed E-state index contributed by atoms with van der Waals surface area (Å²) in [6.45, 7) is 4.71. The van der Waals surface area contributed by atoms with Crippen molar-refractivity contribution in [1.82, 2.24) is 19.3 Å². The number of hydrogen-bond acceptors (Lipinski definition) is 5. The summed E-state index contributed by atoms with van der Waals surface area (Å²) in [6.07, 6.45) is 5.00. The number of hydrogen-bond donors (Lipinski definition) is 1. The number of aryl methyl sites for hydroxylation is 4. The molecule has 0 unspecified atom stereocenters. The highest BCUT2D eigenvalue weighted by atomic mass is 32.2. The molecule has 2 aliphatic rings. The van der Waals surface area contributed by atoms with Gasteiger partial charge in [0.15, 0.2) is 5.76 Å². The summed E-state index contributed by atoms with van der Waals surface area (Å²) in [7, 11) is -3.72. The highest BCUT2D eigenvalue weighted by Crippen LogP contribution is 2.31. The first-order valence-corrected chi connectivity index (χ1v) is 12.7. The van der Waals surface area contributed by atoms with E-state index < -0.39 is 10.0 Å². The molecule has 0 saturated carbocycles. The van der Waals surface area contributed by atoms with E-state index in [1.54, 1.807) is 18.7 Å². The van der Waals surface area contributed by atoms with Crippen molar-refractivity contribution >= 4 is 26.8 Å². The molecular weight excluding hydrogens is 428 g/mol. The van der Waals surface area contributed by atoms with E-state index in [4.69, 9.17) is 4.52 Å². The number of para-hydroxylation sites is 1. The lowest BCUT2D eigenvalue weighted by Gasteiger charge is -2.22. The minimum atomic E-state index is -3.72. The second-order valence-corrected chi connectivity index (χ2v) is 10.6. The lowest BCUT2D eigenvalue weighted by molar-refractivity contribution is 0.0766. The van der Waals surface area contributed by atoms with Crippen LogP contribution in [0.5, 0.6) is 0 Å². The summed E-state index contributed by atoms with van der Waals surface area (Å²) in [6, 6.07) is 5.91. The zero-order valence-electron chi connectivity index (χ0n) is 18.5. The van der Waals surface area contributed by atoms with E-state index in [2.05, 4.69) is 16.2 Å². The number of nitrogens with one attached hydrogen (secondary N) is 1. The third kappa shape index (κ3) is 3.44. The van der Waals surface area contributed by atoms with Crippen LogP contribution in [0.2, 0.25) is 0 Å². The molecular formula is C23H28N4O4S. The summed E-state index contributed by atoms with van der Waals surface area (Å²) >= 11 is 0. The van der Waals surface area contributed by atoms with Gasteiger partial charge in [-0.1, -0.05) is 17.3 Å². The van der Waals surface area contributed by atoms with Crippen molar-refractivity contribution in [1.29, 1.82) is 0 Å². The molecule has 1 amide bonds. The summed E-state index contributed by atoms with van der Waals surface area (Å²) in [4.78, 5) is 18.9. The normalized spacial score (nSPS) is 18.0. The van der Waals surface area contributed by atoms with E-state index in [9.17, 15) is 13.2 Å². The highest BCUT2D eigenvalue weighted by Gasteiger charge is 2.33. The van der Waals surface area contributed by atoms with Crippen LogP contribution in [0, 0.1) is 13.8 Å². The van der Waals surface area contributed by atoms with Crippen molar-refractivity contribution in [3.63, 3.8) is 0 Å². The summed E-state index contributed by atoms with van der Waals surface area (Å²) < 4.78 is 32.9. The van der Waals surface area contributed by atoms with Crippen molar-refractivity contribution in [3.05, 3.63) is 46.5 Å². The fourth-order valence-corrected chi connectivity index (χ4v) is 6.85. The number of fused-ring (bicyclic) bond motifs is 3. The topological polar surface area (TPSA) is 99.5 Å². The Labute approximate surface area is 187 Å². The number of aromatic amines is 1. The smallest absolute Gasteiger partial charge is 0.256 e. The maximum absolute atomic E-state index is 13.5. The Morgan fingerprint density at radius 1 is 1.06 bits per heavy atom. The zero-order valence-corrected chi connectivity index (χ0v) is 19.3. The number of sulfonamides is 1. The van der Waals surface area contributed by atoms with Crippen molar-refractivity contribution in [2.45, 2.75) is 50.8 Å². The quantitative estimate of drug-likeness (QED) is 0.653. The van der Waals surface area contributed by atoms with Crippen LogP contribution in [0.1, 0.15) is 52.3 Å². The van der Waals surface area contributed by atoms with Crippen molar-refractivity contribution < 1.29 is 17.7 Å². The van der Waals surface area contributed by atoms with Crippen molar-refractivity contribution in [2.75, 3.05) is 26.2 Å². The maximum atomic E-state index is 13.5. The van der Waals surface area contributed by atoms with Crippen LogP contribution < -0.4 is 0 Å².